The van der Waals surface area contributed by atoms with Gasteiger partial charge < -0.3 is 9.84 Å². The summed E-state index contributed by atoms with van der Waals surface area (Å²) in [5, 5.41) is 7.45. The second-order valence-corrected chi connectivity index (χ2v) is 4.53. The molecule has 4 nitrogen and oxygen atoms in total. The molecule has 1 atom stereocenters. The smallest absolute Gasteiger partial charge is 0.229 e. The second kappa shape index (κ2) is 5.99. The third-order valence-corrected chi connectivity index (χ3v) is 3.16. The van der Waals surface area contributed by atoms with E-state index < -0.39 is 0 Å². The maximum absolute atomic E-state index is 5.37. The van der Waals surface area contributed by atoms with E-state index in [2.05, 4.69) is 22.4 Å². The van der Waals surface area contributed by atoms with Gasteiger partial charge in [-0.2, -0.15) is 4.98 Å². The SMILES string of the molecule is CCCCc1noc([C@@H]2CCCNCC2)n1. The Morgan fingerprint density at radius 1 is 1.38 bits per heavy atom. The summed E-state index contributed by atoms with van der Waals surface area (Å²) in [6, 6.07) is 0. The lowest BCUT2D eigenvalue weighted by atomic mass is 10.0. The van der Waals surface area contributed by atoms with Gasteiger partial charge in [-0.3, -0.25) is 0 Å². The number of hydrogen-bond donors (Lipinski definition) is 1. The lowest BCUT2D eigenvalue weighted by molar-refractivity contribution is 0.339. The van der Waals surface area contributed by atoms with E-state index in [-0.39, 0.29) is 0 Å². The minimum atomic E-state index is 0.470. The zero-order chi connectivity index (χ0) is 11.2. The first-order valence-electron chi connectivity index (χ1n) is 6.43. The van der Waals surface area contributed by atoms with Crippen molar-refractivity contribution in [2.45, 2.75) is 51.4 Å². The number of nitrogens with zero attached hydrogens (tertiary/aromatic N) is 2. The highest BCUT2D eigenvalue weighted by molar-refractivity contribution is 4.95. The van der Waals surface area contributed by atoms with Crippen LogP contribution in [-0.4, -0.2) is 23.2 Å². The first kappa shape index (κ1) is 11.6. The number of unbranched alkanes of at least 4 members (excludes halogenated alkanes) is 1. The minimum Gasteiger partial charge on any atom is -0.339 e. The molecule has 1 aromatic rings. The highest BCUT2D eigenvalue weighted by Crippen LogP contribution is 2.24. The summed E-state index contributed by atoms with van der Waals surface area (Å²) in [4.78, 5) is 4.51. The first-order valence-corrected chi connectivity index (χ1v) is 6.43. The fourth-order valence-electron chi connectivity index (χ4n) is 2.14. The lowest BCUT2D eigenvalue weighted by Gasteiger charge is -2.06. The molecule has 0 aromatic carbocycles. The van der Waals surface area contributed by atoms with Crippen LogP contribution in [-0.2, 0) is 6.42 Å². The van der Waals surface area contributed by atoms with Crippen molar-refractivity contribution in [1.29, 1.82) is 0 Å². The average molecular weight is 223 g/mol. The molecule has 4 heteroatoms. The molecular weight excluding hydrogens is 202 g/mol. The Bertz CT molecular complexity index is 303. The Labute approximate surface area is 96.8 Å². The number of aromatic nitrogens is 2. The molecular formula is C12H21N3O. The van der Waals surface area contributed by atoms with Crippen LogP contribution >= 0.6 is 0 Å². The van der Waals surface area contributed by atoms with Crippen LogP contribution < -0.4 is 5.32 Å². The van der Waals surface area contributed by atoms with Crippen LogP contribution in [0, 0.1) is 0 Å². The number of rotatable bonds is 4. The van der Waals surface area contributed by atoms with Crippen LogP contribution in [0.4, 0.5) is 0 Å². The fourth-order valence-corrected chi connectivity index (χ4v) is 2.14. The van der Waals surface area contributed by atoms with Crippen LogP contribution in [0.5, 0.6) is 0 Å². The van der Waals surface area contributed by atoms with Crippen LogP contribution in [0.1, 0.15) is 56.7 Å². The molecule has 2 heterocycles. The monoisotopic (exact) mass is 223 g/mol. The number of aryl methyl sites for hydroxylation is 1. The van der Waals surface area contributed by atoms with Crippen molar-refractivity contribution >= 4 is 0 Å². The zero-order valence-electron chi connectivity index (χ0n) is 10.0. The lowest BCUT2D eigenvalue weighted by Crippen LogP contribution is -2.13. The maximum Gasteiger partial charge on any atom is 0.229 e. The predicted octanol–water partition coefficient (Wildman–Crippen LogP) is 2.27. The van der Waals surface area contributed by atoms with Gasteiger partial charge in [0.2, 0.25) is 5.89 Å². The third-order valence-electron chi connectivity index (χ3n) is 3.16. The molecule has 0 radical (unpaired) electrons. The van der Waals surface area contributed by atoms with E-state index in [1.54, 1.807) is 0 Å². The van der Waals surface area contributed by atoms with Gasteiger partial charge in [0.1, 0.15) is 0 Å². The summed E-state index contributed by atoms with van der Waals surface area (Å²) in [6.07, 6.45) is 6.77. The summed E-state index contributed by atoms with van der Waals surface area (Å²) in [5.41, 5.74) is 0. The molecule has 16 heavy (non-hydrogen) atoms. The van der Waals surface area contributed by atoms with Crippen molar-refractivity contribution in [2.75, 3.05) is 13.1 Å². The molecule has 1 aromatic heterocycles. The molecule has 2 rings (SSSR count). The average Bonchev–Trinajstić information content (AvgIpc) is 2.60. The Kier molecular flexibility index (Phi) is 4.34. The standard InChI is InChI=1S/C12H21N3O/c1-2-3-6-11-14-12(16-15-11)10-5-4-8-13-9-7-10/h10,13H,2-9H2,1H3/t10-/m1/s1. The largest absolute Gasteiger partial charge is 0.339 e. The molecule has 0 amide bonds. The van der Waals surface area contributed by atoms with Crippen molar-refractivity contribution in [1.82, 2.24) is 15.5 Å². The molecule has 1 fully saturated rings. The first-order chi connectivity index (χ1) is 7.90. The van der Waals surface area contributed by atoms with E-state index >= 15 is 0 Å². The summed E-state index contributed by atoms with van der Waals surface area (Å²) >= 11 is 0. The molecule has 1 saturated heterocycles. The van der Waals surface area contributed by atoms with Gasteiger partial charge in [-0.1, -0.05) is 18.5 Å². The Balaban J connectivity index is 1.94. The number of hydrogen-bond acceptors (Lipinski definition) is 4. The molecule has 0 bridgehead atoms. The van der Waals surface area contributed by atoms with Crippen molar-refractivity contribution < 1.29 is 4.52 Å². The van der Waals surface area contributed by atoms with E-state index in [0.717, 1.165) is 44.1 Å². The zero-order valence-corrected chi connectivity index (χ0v) is 10.0. The van der Waals surface area contributed by atoms with Crippen molar-refractivity contribution in [3.8, 4) is 0 Å². The van der Waals surface area contributed by atoms with E-state index in [9.17, 15) is 0 Å². The topological polar surface area (TPSA) is 51.0 Å². The summed E-state index contributed by atoms with van der Waals surface area (Å²) in [5.74, 6) is 2.21. The van der Waals surface area contributed by atoms with Crippen LogP contribution in [0.25, 0.3) is 0 Å². The van der Waals surface area contributed by atoms with E-state index in [1.807, 2.05) is 0 Å². The van der Waals surface area contributed by atoms with Gasteiger partial charge in [0.05, 0.1) is 0 Å². The molecule has 0 saturated carbocycles. The van der Waals surface area contributed by atoms with Gasteiger partial charge >= 0.3 is 0 Å². The molecule has 0 unspecified atom stereocenters. The van der Waals surface area contributed by atoms with Crippen LogP contribution in [0.15, 0.2) is 4.52 Å². The van der Waals surface area contributed by atoms with E-state index in [4.69, 9.17) is 4.52 Å². The minimum absolute atomic E-state index is 0.470. The molecule has 1 N–H and O–H groups in total. The summed E-state index contributed by atoms with van der Waals surface area (Å²) in [7, 11) is 0. The predicted molar refractivity (Wildman–Crippen MR) is 62.4 cm³/mol. The van der Waals surface area contributed by atoms with Gasteiger partial charge in [0.15, 0.2) is 5.82 Å². The van der Waals surface area contributed by atoms with Crippen LogP contribution in [0.2, 0.25) is 0 Å². The maximum atomic E-state index is 5.37. The molecule has 90 valence electrons. The quantitative estimate of drug-likeness (QED) is 0.850. The van der Waals surface area contributed by atoms with E-state index in [1.165, 1.54) is 19.3 Å². The van der Waals surface area contributed by atoms with Gasteiger partial charge in [-0.15, -0.1) is 0 Å². The van der Waals surface area contributed by atoms with Gasteiger partial charge in [-0.25, -0.2) is 0 Å². The Morgan fingerprint density at radius 3 is 3.19 bits per heavy atom. The normalized spacial score (nSPS) is 21.9. The molecule has 1 aliphatic rings. The highest BCUT2D eigenvalue weighted by atomic mass is 16.5. The van der Waals surface area contributed by atoms with Crippen LogP contribution in [0.3, 0.4) is 0 Å². The molecule has 1 aliphatic heterocycles. The third kappa shape index (κ3) is 3.04. The van der Waals surface area contributed by atoms with Crippen molar-refractivity contribution in [2.24, 2.45) is 0 Å². The Hall–Kier alpha value is -0.900. The summed E-state index contributed by atoms with van der Waals surface area (Å²) < 4.78 is 5.37. The molecule has 0 spiro atoms. The summed E-state index contributed by atoms with van der Waals surface area (Å²) in [6.45, 7) is 4.36. The van der Waals surface area contributed by atoms with Crippen molar-refractivity contribution in [3.05, 3.63) is 11.7 Å². The number of nitrogens with one attached hydrogen (secondary N) is 1. The van der Waals surface area contributed by atoms with Crippen molar-refractivity contribution in [3.63, 3.8) is 0 Å². The van der Waals surface area contributed by atoms with Gasteiger partial charge in [-0.05, 0) is 38.8 Å². The molecule has 0 aliphatic carbocycles. The Morgan fingerprint density at radius 2 is 2.31 bits per heavy atom. The fraction of sp³-hybridized carbons (Fsp3) is 0.833. The second-order valence-electron chi connectivity index (χ2n) is 4.53. The highest BCUT2D eigenvalue weighted by Gasteiger charge is 2.20. The van der Waals surface area contributed by atoms with E-state index in [0.29, 0.717) is 5.92 Å². The van der Waals surface area contributed by atoms with Gasteiger partial charge in [0, 0.05) is 12.3 Å². The van der Waals surface area contributed by atoms with Gasteiger partial charge in [0.25, 0.3) is 0 Å².